The molecular weight excluding hydrogens is 238 g/mol. The lowest BCUT2D eigenvalue weighted by Crippen LogP contribution is -2.51. The normalized spacial score (nSPS) is 31.2. The fourth-order valence-corrected chi connectivity index (χ4v) is 3.59. The summed E-state index contributed by atoms with van der Waals surface area (Å²) in [5, 5.41) is 0. The number of hydrogen-bond donors (Lipinski definition) is 0. The summed E-state index contributed by atoms with van der Waals surface area (Å²) in [4.78, 5) is 23.3. The molecule has 2 aliphatic rings. The molecule has 0 aromatic carbocycles. The van der Waals surface area contributed by atoms with E-state index in [-0.39, 0.29) is 11.7 Å². The maximum Gasteiger partial charge on any atom is 0.169 e. The van der Waals surface area contributed by atoms with E-state index < -0.39 is 0 Å². The van der Waals surface area contributed by atoms with Gasteiger partial charge >= 0.3 is 0 Å². The number of hydrogen-bond acceptors (Lipinski definition) is 4. The summed E-state index contributed by atoms with van der Waals surface area (Å²) in [5.74, 6) is 1.12. The van der Waals surface area contributed by atoms with Gasteiger partial charge in [-0.15, -0.1) is 0 Å². The van der Waals surface area contributed by atoms with Crippen molar-refractivity contribution in [2.75, 3.05) is 7.05 Å². The molecule has 2 fully saturated rings. The fraction of sp³-hybridized carbons (Fsp3) is 0.667. The molecule has 0 spiro atoms. The number of ketones is 1. The molecule has 4 nitrogen and oxygen atoms in total. The molecule has 0 amide bonds. The second kappa shape index (κ2) is 5.00. The van der Waals surface area contributed by atoms with E-state index in [2.05, 4.69) is 21.9 Å². The first kappa shape index (κ1) is 12.7. The van der Waals surface area contributed by atoms with Gasteiger partial charge in [-0.1, -0.05) is 6.42 Å². The van der Waals surface area contributed by atoms with Crippen molar-refractivity contribution in [1.29, 1.82) is 0 Å². The van der Waals surface area contributed by atoms with Crippen LogP contribution in [0.4, 0.5) is 0 Å². The van der Waals surface area contributed by atoms with Gasteiger partial charge in [0.05, 0.1) is 5.56 Å². The van der Waals surface area contributed by atoms with Gasteiger partial charge in [-0.05, 0) is 39.7 Å². The molecule has 4 heteroatoms. The van der Waals surface area contributed by atoms with Crippen LogP contribution < -0.4 is 0 Å². The van der Waals surface area contributed by atoms with Crippen molar-refractivity contribution < 1.29 is 4.79 Å². The first-order valence-corrected chi connectivity index (χ1v) is 7.20. The van der Waals surface area contributed by atoms with E-state index in [1.165, 1.54) is 19.3 Å². The summed E-state index contributed by atoms with van der Waals surface area (Å²) in [7, 11) is 2.21. The number of carbonyl (C=O) groups excluding carboxylic acids is 1. The van der Waals surface area contributed by atoms with E-state index in [0.29, 0.717) is 17.6 Å². The van der Waals surface area contributed by atoms with E-state index in [1.807, 2.05) is 6.92 Å². The minimum Gasteiger partial charge on any atom is -0.300 e. The largest absolute Gasteiger partial charge is 0.300 e. The van der Waals surface area contributed by atoms with Crippen molar-refractivity contribution in [2.45, 2.75) is 51.1 Å². The van der Waals surface area contributed by atoms with Gasteiger partial charge < -0.3 is 4.90 Å². The Balaban J connectivity index is 1.76. The predicted octanol–water partition coefficient (Wildman–Crippen LogP) is 2.23. The third-order valence-electron chi connectivity index (χ3n) is 4.78. The van der Waals surface area contributed by atoms with E-state index in [0.717, 1.165) is 18.7 Å². The number of Topliss-reactive ketones (excluding diaryl/α,β-unsaturated/α-hetero) is 1. The number of fused-ring (bicyclic) bond motifs is 2. The summed E-state index contributed by atoms with van der Waals surface area (Å²) in [6.45, 7) is 1.84. The van der Waals surface area contributed by atoms with Crippen molar-refractivity contribution in [3.63, 3.8) is 0 Å². The van der Waals surface area contributed by atoms with Gasteiger partial charge in [0.25, 0.3) is 0 Å². The van der Waals surface area contributed by atoms with E-state index in [9.17, 15) is 4.79 Å². The van der Waals surface area contributed by atoms with Crippen molar-refractivity contribution >= 4 is 5.78 Å². The van der Waals surface area contributed by atoms with Gasteiger partial charge in [0, 0.05) is 30.4 Å². The summed E-state index contributed by atoms with van der Waals surface area (Å²) < 4.78 is 0. The predicted molar refractivity (Wildman–Crippen MR) is 73.0 cm³/mol. The first-order valence-electron chi connectivity index (χ1n) is 7.20. The molecule has 3 heterocycles. The Labute approximate surface area is 114 Å². The Morgan fingerprint density at radius 2 is 1.79 bits per heavy atom. The molecule has 1 aromatic rings. The molecule has 0 radical (unpaired) electrons. The van der Waals surface area contributed by atoms with Crippen LogP contribution in [0, 0.1) is 12.8 Å². The Kier molecular flexibility index (Phi) is 3.35. The van der Waals surface area contributed by atoms with Crippen LogP contribution in [0.5, 0.6) is 0 Å². The van der Waals surface area contributed by atoms with Crippen LogP contribution in [0.15, 0.2) is 12.4 Å². The van der Waals surface area contributed by atoms with Gasteiger partial charge in [-0.3, -0.25) is 4.79 Å². The Bertz CT molecular complexity index is 457. The van der Waals surface area contributed by atoms with Crippen LogP contribution in [-0.2, 0) is 0 Å². The maximum atomic E-state index is 12.6. The van der Waals surface area contributed by atoms with Gasteiger partial charge in [0.1, 0.15) is 5.82 Å². The van der Waals surface area contributed by atoms with Crippen molar-refractivity contribution in [3.8, 4) is 0 Å². The van der Waals surface area contributed by atoms with Gasteiger partial charge in [0.2, 0.25) is 0 Å². The zero-order valence-electron chi connectivity index (χ0n) is 11.7. The molecule has 19 heavy (non-hydrogen) atoms. The lowest BCUT2D eigenvalue weighted by atomic mass is 9.76. The fourth-order valence-electron chi connectivity index (χ4n) is 3.59. The third kappa shape index (κ3) is 2.41. The second-order valence-corrected chi connectivity index (χ2v) is 5.96. The number of aromatic nitrogens is 2. The minimum absolute atomic E-state index is 0.165. The monoisotopic (exact) mass is 259 g/mol. The van der Waals surface area contributed by atoms with E-state index in [1.54, 1.807) is 12.4 Å². The van der Waals surface area contributed by atoms with Gasteiger partial charge in [-0.25, -0.2) is 9.97 Å². The first-order chi connectivity index (χ1) is 9.15. The topological polar surface area (TPSA) is 46.1 Å². The molecule has 0 aliphatic carbocycles. The van der Waals surface area contributed by atoms with Gasteiger partial charge in [-0.2, -0.15) is 0 Å². The molecule has 2 saturated heterocycles. The lowest BCUT2D eigenvalue weighted by Gasteiger charge is -2.46. The highest BCUT2D eigenvalue weighted by Crippen LogP contribution is 2.36. The quantitative estimate of drug-likeness (QED) is 0.764. The molecule has 2 bridgehead atoms. The Hall–Kier alpha value is -1.29. The smallest absolute Gasteiger partial charge is 0.169 e. The van der Waals surface area contributed by atoms with Crippen molar-refractivity contribution in [3.05, 3.63) is 23.8 Å². The van der Waals surface area contributed by atoms with Gasteiger partial charge in [0.15, 0.2) is 5.78 Å². The molecular formula is C15H21N3O. The van der Waals surface area contributed by atoms with Crippen LogP contribution in [0.2, 0.25) is 0 Å². The van der Waals surface area contributed by atoms with Crippen LogP contribution >= 0.6 is 0 Å². The molecule has 1 aromatic heterocycles. The van der Waals surface area contributed by atoms with Crippen LogP contribution in [0.25, 0.3) is 0 Å². The van der Waals surface area contributed by atoms with Crippen LogP contribution in [-0.4, -0.2) is 39.8 Å². The third-order valence-corrected chi connectivity index (χ3v) is 4.78. The number of carbonyl (C=O) groups is 1. The molecule has 0 N–H and O–H groups in total. The standard InChI is InChI=1S/C15H21N3O/c1-10-16-8-12(9-17-10)15(19)11-6-13-4-3-5-14(7-11)18(13)2/h8-9,11,13-14H,3-7H2,1-2H3. The lowest BCUT2D eigenvalue weighted by molar-refractivity contribution is 0.0338. The zero-order chi connectivity index (χ0) is 13.4. The zero-order valence-corrected chi connectivity index (χ0v) is 11.7. The Morgan fingerprint density at radius 3 is 2.37 bits per heavy atom. The highest BCUT2D eigenvalue weighted by atomic mass is 16.1. The molecule has 2 aliphatic heterocycles. The molecule has 102 valence electrons. The average molecular weight is 259 g/mol. The number of rotatable bonds is 2. The SMILES string of the molecule is Cc1ncc(C(=O)C2CC3CCCC(C2)N3C)cn1. The Morgan fingerprint density at radius 1 is 1.21 bits per heavy atom. The molecule has 0 saturated carbocycles. The number of piperidine rings is 2. The second-order valence-electron chi connectivity index (χ2n) is 5.96. The highest BCUT2D eigenvalue weighted by molar-refractivity contribution is 5.97. The van der Waals surface area contributed by atoms with Crippen molar-refractivity contribution in [1.82, 2.24) is 14.9 Å². The van der Waals surface area contributed by atoms with Crippen molar-refractivity contribution in [2.24, 2.45) is 5.92 Å². The molecule has 3 rings (SSSR count). The summed E-state index contributed by atoms with van der Waals surface area (Å²) in [6.07, 6.45) is 9.15. The van der Waals surface area contributed by atoms with Crippen LogP contribution in [0.1, 0.15) is 48.3 Å². The molecule has 2 atom stereocenters. The summed E-state index contributed by atoms with van der Waals surface area (Å²) in [6, 6.07) is 1.18. The van der Waals surface area contributed by atoms with Crippen LogP contribution in [0.3, 0.4) is 0 Å². The minimum atomic E-state index is 0.165. The van der Waals surface area contributed by atoms with E-state index in [4.69, 9.17) is 0 Å². The number of nitrogens with zero attached hydrogens (tertiary/aromatic N) is 3. The van der Waals surface area contributed by atoms with E-state index >= 15 is 0 Å². The number of aryl methyl sites for hydroxylation is 1. The highest BCUT2D eigenvalue weighted by Gasteiger charge is 2.38. The molecule has 2 unspecified atom stereocenters. The summed E-state index contributed by atoms with van der Waals surface area (Å²) >= 11 is 0. The summed E-state index contributed by atoms with van der Waals surface area (Å²) in [5.41, 5.74) is 0.679. The average Bonchev–Trinajstić information content (AvgIpc) is 2.38. The maximum absolute atomic E-state index is 12.6.